The van der Waals surface area contributed by atoms with Crippen LogP contribution in [-0.2, 0) is 6.54 Å². The molecule has 0 radical (unpaired) electrons. The maximum Gasteiger partial charge on any atom is 0.170 e. The van der Waals surface area contributed by atoms with Crippen molar-refractivity contribution >= 4 is 34.8 Å². The number of aldehydes is 1. The molecule has 3 aromatic carbocycles. The van der Waals surface area contributed by atoms with Crippen LogP contribution in [0.2, 0.25) is 0 Å². The average molecular weight is 484 g/mol. The Morgan fingerprint density at radius 1 is 0.943 bits per heavy atom. The van der Waals surface area contributed by atoms with E-state index in [0.29, 0.717) is 5.69 Å². The molecular formula is C28H29N5OS. The Morgan fingerprint density at radius 3 is 2.26 bits per heavy atom. The van der Waals surface area contributed by atoms with Gasteiger partial charge in [-0.05, 0) is 73.1 Å². The minimum absolute atomic E-state index is 0.446. The lowest BCUT2D eigenvalue weighted by Crippen LogP contribution is -2.00. The number of carbonyl (C=O) groups is 1. The Bertz CT molecular complexity index is 1420. The standard InChI is InChI=1S/C27H24N4OS.CH5N/c1-19-15-25(18-32)28-31(19)26-11-12-27-23(16-26)13-14-30(27)17-20-3-5-21(6-4-20)22-7-9-24(10-8-22)29-33-2;1-2/h3-16,18,29H,17H2,1-2H3;2H2,1H3. The first-order valence-electron chi connectivity index (χ1n) is 11.3. The second-order valence-corrected chi connectivity index (χ2v) is 8.62. The minimum atomic E-state index is 0.446. The second kappa shape index (κ2) is 11.1. The fourth-order valence-corrected chi connectivity index (χ4v) is 4.49. The average Bonchev–Trinajstić information content (AvgIpc) is 3.49. The van der Waals surface area contributed by atoms with Crippen molar-refractivity contribution in [2.75, 3.05) is 18.0 Å². The highest BCUT2D eigenvalue weighted by Crippen LogP contribution is 2.25. The molecule has 5 aromatic rings. The van der Waals surface area contributed by atoms with Crippen LogP contribution in [0.1, 0.15) is 21.7 Å². The van der Waals surface area contributed by atoms with Gasteiger partial charge >= 0.3 is 0 Å². The molecule has 7 heteroatoms. The molecule has 0 saturated heterocycles. The van der Waals surface area contributed by atoms with E-state index in [1.807, 2.05) is 23.9 Å². The number of anilines is 1. The largest absolute Gasteiger partial charge is 0.343 e. The first-order valence-corrected chi connectivity index (χ1v) is 12.5. The summed E-state index contributed by atoms with van der Waals surface area (Å²) in [6.45, 7) is 2.75. The van der Waals surface area contributed by atoms with Gasteiger partial charge in [-0.3, -0.25) is 4.79 Å². The van der Waals surface area contributed by atoms with Gasteiger partial charge in [0, 0.05) is 41.3 Å². The lowest BCUT2D eigenvalue weighted by molar-refractivity contribution is 0.111. The van der Waals surface area contributed by atoms with Crippen molar-refractivity contribution < 1.29 is 4.79 Å². The Balaban J connectivity index is 0.00000141. The number of nitrogens with two attached hydrogens (primary N) is 1. The lowest BCUT2D eigenvalue weighted by atomic mass is 10.0. The number of rotatable bonds is 7. The van der Waals surface area contributed by atoms with Crippen LogP contribution in [0.25, 0.3) is 27.7 Å². The predicted molar refractivity (Wildman–Crippen MR) is 147 cm³/mol. The molecule has 0 aliphatic heterocycles. The zero-order chi connectivity index (χ0) is 24.8. The summed E-state index contributed by atoms with van der Waals surface area (Å²) in [5.41, 5.74) is 12.8. The van der Waals surface area contributed by atoms with Crippen LogP contribution >= 0.6 is 11.9 Å². The molecular weight excluding hydrogens is 454 g/mol. The summed E-state index contributed by atoms with van der Waals surface area (Å²) >= 11 is 1.59. The van der Waals surface area contributed by atoms with Gasteiger partial charge in [-0.25, -0.2) is 4.68 Å². The van der Waals surface area contributed by atoms with Gasteiger partial charge in [-0.15, -0.1) is 0 Å². The van der Waals surface area contributed by atoms with E-state index in [2.05, 4.69) is 93.0 Å². The fourth-order valence-electron chi connectivity index (χ4n) is 4.12. The first-order chi connectivity index (χ1) is 17.1. The monoisotopic (exact) mass is 483 g/mol. The molecule has 178 valence electrons. The van der Waals surface area contributed by atoms with E-state index in [-0.39, 0.29) is 0 Å². The molecule has 6 nitrogen and oxygen atoms in total. The van der Waals surface area contributed by atoms with Crippen molar-refractivity contribution in [1.29, 1.82) is 0 Å². The van der Waals surface area contributed by atoms with Gasteiger partial charge in [0.05, 0.1) is 5.69 Å². The van der Waals surface area contributed by atoms with Crippen molar-refractivity contribution in [3.8, 4) is 16.8 Å². The molecule has 35 heavy (non-hydrogen) atoms. The normalized spacial score (nSPS) is 10.6. The lowest BCUT2D eigenvalue weighted by Gasteiger charge is -2.09. The number of nitrogens with zero attached hydrogens (tertiary/aromatic N) is 3. The van der Waals surface area contributed by atoms with E-state index in [9.17, 15) is 4.79 Å². The number of aryl methyl sites for hydroxylation is 1. The number of carbonyl (C=O) groups excluding carboxylic acids is 1. The van der Waals surface area contributed by atoms with E-state index >= 15 is 0 Å². The van der Waals surface area contributed by atoms with Gasteiger partial charge in [-0.2, -0.15) is 5.10 Å². The highest BCUT2D eigenvalue weighted by Gasteiger charge is 2.09. The molecule has 5 rings (SSSR count). The first kappa shape index (κ1) is 24.3. The van der Waals surface area contributed by atoms with Crippen LogP contribution in [0, 0.1) is 6.92 Å². The quantitative estimate of drug-likeness (QED) is 0.222. The molecule has 2 heterocycles. The minimum Gasteiger partial charge on any atom is -0.343 e. The van der Waals surface area contributed by atoms with Crippen molar-refractivity contribution in [1.82, 2.24) is 14.3 Å². The van der Waals surface area contributed by atoms with Crippen LogP contribution in [-0.4, -0.2) is 33.9 Å². The Labute approximate surface area is 209 Å². The highest BCUT2D eigenvalue weighted by molar-refractivity contribution is 7.99. The van der Waals surface area contributed by atoms with Crippen molar-refractivity contribution in [2.24, 2.45) is 5.73 Å². The molecule has 0 aliphatic rings. The molecule has 0 aliphatic carbocycles. The van der Waals surface area contributed by atoms with Gasteiger partial charge in [-0.1, -0.05) is 48.3 Å². The molecule has 0 bridgehead atoms. The summed E-state index contributed by atoms with van der Waals surface area (Å²) in [6.07, 6.45) is 4.92. The fraction of sp³-hybridized carbons (Fsp3) is 0.143. The SMILES string of the molecule is CN.CSNc1ccc(-c2ccc(Cn3ccc4cc(-n5nc(C=O)cc5C)ccc43)cc2)cc1. The number of fused-ring (bicyclic) bond motifs is 1. The topological polar surface area (TPSA) is 77.9 Å². The summed E-state index contributed by atoms with van der Waals surface area (Å²) in [4.78, 5) is 11.0. The zero-order valence-electron chi connectivity index (χ0n) is 20.1. The van der Waals surface area contributed by atoms with Gasteiger partial charge in [0.15, 0.2) is 6.29 Å². The van der Waals surface area contributed by atoms with E-state index in [0.717, 1.165) is 35.3 Å². The van der Waals surface area contributed by atoms with Gasteiger partial charge < -0.3 is 15.0 Å². The summed E-state index contributed by atoms with van der Waals surface area (Å²) in [5.74, 6) is 0. The number of aromatic nitrogens is 3. The Hall–Kier alpha value is -3.81. The smallest absolute Gasteiger partial charge is 0.170 e. The highest BCUT2D eigenvalue weighted by atomic mass is 32.2. The third-order valence-electron chi connectivity index (χ3n) is 5.77. The Morgan fingerprint density at radius 2 is 1.63 bits per heavy atom. The van der Waals surface area contributed by atoms with Crippen molar-refractivity contribution in [3.63, 3.8) is 0 Å². The van der Waals surface area contributed by atoms with Gasteiger partial charge in [0.1, 0.15) is 5.69 Å². The van der Waals surface area contributed by atoms with E-state index in [1.54, 1.807) is 18.0 Å². The molecule has 3 N–H and O–H groups in total. The molecule has 2 aromatic heterocycles. The molecule has 0 atom stereocenters. The molecule has 0 amide bonds. The third kappa shape index (κ3) is 5.31. The predicted octanol–water partition coefficient (Wildman–Crippen LogP) is 5.93. The number of hydrogen-bond donors (Lipinski definition) is 2. The van der Waals surface area contributed by atoms with Gasteiger partial charge in [0.2, 0.25) is 0 Å². The maximum absolute atomic E-state index is 11.0. The molecule has 0 spiro atoms. The molecule has 0 fully saturated rings. The summed E-state index contributed by atoms with van der Waals surface area (Å²) in [7, 11) is 1.50. The van der Waals surface area contributed by atoms with Crippen LogP contribution < -0.4 is 10.5 Å². The zero-order valence-corrected chi connectivity index (χ0v) is 20.9. The third-order valence-corrected chi connectivity index (χ3v) is 6.21. The molecule has 0 saturated carbocycles. The van der Waals surface area contributed by atoms with Gasteiger partial charge in [0.25, 0.3) is 0 Å². The number of hydrogen-bond acceptors (Lipinski definition) is 5. The van der Waals surface area contributed by atoms with Crippen LogP contribution in [0.15, 0.2) is 85.1 Å². The van der Waals surface area contributed by atoms with E-state index < -0.39 is 0 Å². The van der Waals surface area contributed by atoms with Crippen LogP contribution in [0.3, 0.4) is 0 Å². The van der Waals surface area contributed by atoms with Crippen LogP contribution in [0.5, 0.6) is 0 Å². The number of nitrogens with one attached hydrogen (secondary N) is 1. The van der Waals surface area contributed by atoms with E-state index in [4.69, 9.17) is 0 Å². The number of benzene rings is 3. The van der Waals surface area contributed by atoms with E-state index in [1.165, 1.54) is 29.3 Å². The summed E-state index contributed by atoms with van der Waals surface area (Å²) < 4.78 is 7.31. The summed E-state index contributed by atoms with van der Waals surface area (Å²) in [5, 5.41) is 5.51. The second-order valence-electron chi connectivity index (χ2n) is 8.01. The maximum atomic E-state index is 11.0. The molecule has 0 unspecified atom stereocenters. The Kier molecular flexibility index (Phi) is 7.70. The summed E-state index contributed by atoms with van der Waals surface area (Å²) in [6, 6.07) is 27.4. The van der Waals surface area contributed by atoms with Crippen molar-refractivity contribution in [3.05, 3.63) is 102 Å². The van der Waals surface area contributed by atoms with Crippen molar-refractivity contribution in [2.45, 2.75) is 13.5 Å². The van der Waals surface area contributed by atoms with Crippen LogP contribution in [0.4, 0.5) is 5.69 Å².